The Morgan fingerprint density at radius 2 is 2.07 bits per heavy atom. The molecule has 0 spiro atoms. The molecule has 146 valence electrons. The van der Waals surface area contributed by atoms with Crippen LogP contribution in [0.3, 0.4) is 0 Å². The second-order valence-corrected chi connectivity index (χ2v) is 7.20. The van der Waals surface area contributed by atoms with Crippen molar-refractivity contribution < 1.29 is 4.74 Å². The SMILES string of the molecule is COc1cc(Nc2ncnc(N3CCNCC3)n2)ccc1N1CC=CC=C1Br. The molecule has 1 saturated heterocycles. The van der Waals surface area contributed by atoms with Crippen LogP contribution in [0.25, 0.3) is 0 Å². The van der Waals surface area contributed by atoms with Gasteiger partial charge in [0.25, 0.3) is 0 Å². The zero-order valence-corrected chi connectivity index (χ0v) is 17.2. The number of allylic oxidation sites excluding steroid dienone is 2. The second-order valence-electron chi connectivity index (χ2n) is 6.39. The number of methoxy groups -OCH3 is 1. The fourth-order valence-electron chi connectivity index (χ4n) is 3.18. The van der Waals surface area contributed by atoms with E-state index in [9.17, 15) is 0 Å². The van der Waals surface area contributed by atoms with Gasteiger partial charge in [0.15, 0.2) is 0 Å². The van der Waals surface area contributed by atoms with Gasteiger partial charge in [-0.15, -0.1) is 0 Å². The highest BCUT2D eigenvalue weighted by atomic mass is 79.9. The van der Waals surface area contributed by atoms with E-state index < -0.39 is 0 Å². The van der Waals surface area contributed by atoms with Gasteiger partial charge in [0.1, 0.15) is 12.1 Å². The zero-order valence-electron chi connectivity index (χ0n) is 15.6. The van der Waals surface area contributed by atoms with Gasteiger partial charge >= 0.3 is 0 Å². The van der Waals surface area contributed by atoms with Gasteiger partial charge in [0.05, 0.1) is 17.4 Å². The molecular weight excluding hydrogens is 422 g/mol. The smallest absolute Gasteiger partial charge is 0.232 e. The molecule has 1 aromatic carbocycles. The molecule has 8 nitrogen and oxygen atoms in total. The summed E-state index contributed by atoms with van der Waals surface area (Å²) in [5.74, 6) is 1.97. The lowest BCUT2D eigenvalue weighted by molar-refractivity contribution is 0.415. The fraction of sp³-hybridized carbons (Fsp3) is 0.316. The molecule has 0 radical (unpaired) electrons. The molecule has 0 unspecified atom stereocenters. The Hall–Kier alpha value is -2.65. The lowest BCUT2D eigenvalue weighted by Gasteiger charge is -2.27. The summed E-state index contributed by atoms with van der Waals surface area (Å²) in [4.78, 5) is 17.4. The van der Waals surface area contributed by atoms with E-state index in [0.29, 0.717) is 11.9 Å². The Morgan fingerprint density at radius 3 is 2.86 bits per heavy atom. The topological polar surface area (TPSA) is 78.4 Å². The predicted octanol–water partition coefficient (Wildman–Crippen LogP) is 2.65. The Morgan fingerprint density at radius 1 is 1.21 bits per heavy atom. The van der Waals surface area contributed by atoms with Crippen LogP contribution in [0.2, 0.25) is 0 Å². The van der Waals surface area contributed by atoms with Crippen LogP contribution < -0.4 is 25.2 Å². The molecule has 4 rings (SSSR count). The van der Waals surface area contributed by atoms with Crippen molar-refractivity contribution in [1.82, 2.24) is 20.3 Å². The molecule has 0 aliphatic carbocycles. The quantitative estimate of drug-likeness (QED) is 0.682. The van der Waals surface area contributed by atoms with E-state index in [-0.39, 0.29) is 0 Å². The third-order valence-electron chi connectivity index (χ3n) is 4.60. The monoisotopic (exact) mass is 443 g/mol. The van der Waals surface area contributed by atoms with Gasteiger partial charge in [-0.05, 0) is 34.1 Å². The first-order chi connectivity index (χ1) is 13.7. The molecule has 3 heterocycles. The van der Waals surface area contributed by atoms with Crippen LogP contribution in [0.1, 0.15) is 0 Å². The minimum Gasteiger partial charge on any atom is -0.494 e. The number of hydrogen-bond donors (Lipinski definition) is 2. The lowest BCUT2D eigenvalue weighted by atomic mass is 10.2. The normalized spacial score (nSPS) is 16.7. The first-order valence-corrected chi connectivity index (χ1v) is 9.93. The maximum Gasteiger partial charge on any atom is 0.232 e. The van der Waals surface area contributed by atoms with Crippen molar-refractivity contribution in [3.05, 3.63) is 47.4 Å². The van der Waals surface area contributed by atoms with Crippen molar-refractivity contribution in [2.45, 2.75) is 0 Å². The number of rotatable bonds is 5. The van der Waals surface area contributed by atoms with Crippen molar-refractivity contribution in [2.75, 3.05) is 55.0 Å². The third kappa shape index (κ3) is 4.10. The molecule has 0 bridgehead atoms. The number of hydrogen-bond acceptors (Lipinski definition) is 8. The van der Waals surface area contributed by atoms with Crippen molar-refractivity contribution in [1.29, 1.82) is 0 Å². The molecule has 0 saturated carbocycles. The van der Waals surface area contributed by atoms with E-state index in [1.807, 2.05) is 30.4 Å². The fourth-order valence-corrected chi connectivity index (χ4v) is 3.67. The number of piperazine rings is 1. The number of nitrogens with one attached hydrogen (secondary N) is 2. The molecule has 9 heteroatoms. The maximum absolute atomic E-state index is 5.62. The molecule has 2 aromatic rings. The molecular formula is C19H22BrN7O. The number of benzene rings is 1. The molecule has 2 aliphatic heterocycles. The van der Waals surface area contributed by atoms with Crippen LogP contribution >= 0.6 is 15.9 Å². The molecule has 28 heavy (non-hydrogen) atoms. The van der Waals surface area contributed by atoms with Gasteiger partial charge in [-0.25, -0.2) is 9.97 Å². The van der Waals surface area contributed by atoms with E-state index in [1.54, 1.807) is 13.4 Å². The summed E-state index contributed by atoms with van der Waals surface area (Å²) >= 11 is 3.60. The Balaban J connectivity index is 1.54. The second kappa shape index (κ2) is 8.57. The first-order valence-electron chi connectivity index (χ1n) is 9.14. The predicted molar refractivity (Wildman–Crippen MR) is 115 cm³/mol. The Kier molecular flexibility index (Phi) is 5.73. The minimum absolute atomic E-state index is 0.514. The summed E-state index contributed by atoms with van der Waals surface area (Å²) in [5.41, 5.74) is 1.84. The molecule has 2 N–H and O–H groups in total. The number of ether oxygens (including phenoxy) is 1. The third-order valence-corrected chi connectivity index (χ3v) is 5.29. The van der Waals surface area contributed by atoms with Crippen molar-refractivity contribution >= 4 is 39.2 Å². The molecule has 0 atom stereocenters. The molecule has 1 aromatic heterocycles. The Labute approximate surface area is 172 Å². The standard InChI is InChI=1S/C19H22BrN7O/c1-28-16-12-14(5-6-15(16)27-9-3-2-4-17(27)20)24-18-22-13-23-19(25-18)26-10-7-21-8-11-26/h2-6,12-13,21H,7-11H2,1H3,(H,22,23,24,25). The number of aromatic nitrogens is 3. The van der Waals surface area contributed by atoms with Crippen LogP contribution in [0.15, 0.2) is 47.4 Å². The van der Waals surface area contributed by atoms with Crippen LogP contribution in [0.5, 0.6) is 5.75 Å². The van der Waals surface area contributed by atoms with E-state index in [4.69, 9.17) is 4.74 Å². The van der Waals surface area contributed by atoms with Gasteiger partial charge in [0, 0.05) is 44.5 Å². The maximum atomic E-state index is 5.62. The van der Waals surface area contributed by atoms with Crippen LogP contribution in [0.4, 0.5) is 23.3 Å². The number of anilines is 4. The van der Waals surface area contributed by atoms with E-state index in [1.165, 1.54) is 0 Å². The van der Waals surface area contributed by atoms with Gasteiger partial charge < -0.3 is 25.2 Å². The largest absolute Gasteiger partial charge is 0.494 e. The summed E-state index contributed by atoms with van der Waals surface area (Å²) in [6, 6.07) is 5.96. The van der Waals surface area contributed by atoms with Crippen molar-refractivity contribution in [3.63, 3.8) is 0 Å². The van der Waals surface area contributed by atoms with Crippen LogP contribution in [-0.2, 0) is 0 Å². The molecule has 0 amide bonds. The Bertz CT molecular complexity index is 896. The molecule has 2 aliphatic rings. The number of halogens is 1. The van der Waals surface area contributed by atoms with E-state index in [2.05, 4.69) is 57.4 Å². The van der Waals surface area contributed by atoms with Gasteiger partial charge in [0.2, 0.25) is 11.9 Å². The first kappa shape index (κ1) is 18.7. The summed E-state index contributed by atoms with van der Waals surface area (Å²) in [6.45, 7) is 4.42. The highest BCUT2D eigenvalue weighted by Crippen LogP contribution is 2.36. The zero-order chi connectivity index (χ0) is 19.3. The van der Waals surface area contributed by atoms with E-state index in [0.717, 1.165) is 54.5 Å². The van der Waals surface area contributed by atoms with Gasteiger partial charge in [-0.2, -0.15) is 4.98 Å². The summed E-state index contributed by atoms with van der Waals surface area (Å²) in [6.07, 6.45) is 7.68. The molecule has 1 fully saturated rings. The van der Waals surface area contributed by atoms with Crippen molar-refractivity contribution in [3.8, 4) is 5.75 Å². The lowest BCUT2D eigenvalue weighted by Crippen LogP contribution is -2.44. The number of nitrogens with zero attached hydrogens (tertiary/aromatic N) is 5. The van der Waals surface area contributed by atoms with Gasteiger partial charge in [-0.3, -0.25) is 0 Å². The highest BCUT2D eigenvalue weighted by molar-refractivity contribution is 9.11. The van der Waals surface area contributed by atoms with Crippen LogP contribution in [0, 0.1) is 0 Å². The van der Waals surface area contributed by atoms with E-state index >= 15 is 0 Å². The average molecular weight is 444 g/mol. The van der Waals surface area contributed by atoms with Crippen LogP contribution in [-0.4, -0.2) is 54.8 Å². The minimum atomic E-state index is 0.514. The average Bonchev–Trinajstić information content (AvgIpc) is 2.75. The summed E-state index contributed by atoms with van der Waals surface area (Å²) in [7, 11) is 1.67. The highest BCUT2D eigenvalue weighted by Gasteiger charge is 2.17. The van der Waals surface area contributed by atoms with Crippen molar-refractivity contribution in [2.24, 2.45) is 0 Å². The van der Waals surface area contributed by atoms with Gasteiger partial charge in [-0.1, -0.05) is 12.2 Å². The summed E-state index contributed by atoms with van der Waals surface area (Å²) < 4.78 is 6.61. The summed E-state index contributed by atoms with van der Waals surface area (Å²) in [5, 5.41) is 6.59.